The molecule has 1 aliphatic carbocycles. The van der Waals surface area contributed by atoms with Crippen LogP contribution in [0, 0.1) is 6.92 Å². The number of fused-ring (bicyclic) bond motifs is 1. The average molecular weight is 298 g/mol. The number of nitrogens with two attached hydrogens (primary N) is 1. The lowest BCUT2D eigenvalue weighted by atomic mass is 10.1. The van der Waals surface area contributed by atoms with Gasteiger partial charge in [-0.15, -0.1) is 0 Å². The van der Waals surface area contributed by atoms with E-state index in [0.29, 0.717) is 11.5 Å². The highest BCUT2D eigenvalue weighted by atomic mass is 32.1. The Morgan fingerprint density at radius 3 is 2.95 bits per heavy atom. The first-order valence-corrected chi connectivity index (χ1v) is 7.53. The highest BCUT2D eigenvalue weighted by Gasteiger charge is 2.17. The summed E-state index contributed by atoms with van der Waals surface area (Å²) in [6.45, 7) is 2.60. The van der Waals surface area contributed by atoms with Crippen LogP contribution in [-0.2, 0) is 19.4 Å². The molecule has 0 saturated heterocycles. The van der Waals surface area contributed by atoms with Crippen LogP contribution < -0.4 is 11.1 Å². The second kappa shape index (κ2) is 5.77. The molecule has 0 bridgehead atoms. The Hall–Kier alpha value is -2.01. The van der Waals surface area contributed by atoms with Crippen molar-refractivity contribution in [3.63, 3.8) is 0 Å². The summed E-state index contributed by atoms with van der Waals surface area (Å²) in [5.41, 5.74) is 11.1. The molecule has 0 radical (unpaired) electrons. The molecule has 3 rings (SSSR count). The number of aryl methyl sites for hydroxylation is 3. The second-order valence-corrected chi connectivity index (χ2v) is 5.77. The van der Waals surface area contributed by atoms with Crippen LogP contribution in [0.5, 0.6) is 0 Å². The molecule has 2 aromatic rings. The van der Waals surface area contributed by atoms with Gasteiger partial charge in [0.25, 0.3) is 0 Å². The van der Waals surface area contributed by atoms with E-state index in [0.717, 1.165) is 47.7 Å². The number of hydrogen-bond donors (Lipinski definition) is 2. The summed E-state index contributed by atoms with van der Waals surface area (Å²) in [7, 11) is 0. The largest absolute Gasteiger partial charge is 0.389 e. The number of anilines is 1. The first-order chi connectivity index (χ1) is 10.1. The Labute approximate surface area is 129 Å². The highest BCUT2D eigenvalue weighted by Crippen LogP contribution is 2.25. The zero-order valence-corrected chi connectivity index (χ0v) is 12.8. The van der Waals surface area contributed by atoms with E-state index >= 15 is 0 Å². The molecule has 21 heavy (non-hydrogen) atoms. The van der Waals surface area contributed by atoms with Crippen LogP contribution in [0.2, 0.25) is 0 Å². The van der Waals surface area contributed by atoms with Crippen LogP contribution in [0.25, 0.3) is 0 Å². The molecule has 0 atom stereocenters. The third-order valence-electron chi connectivity index (χ3n) is 3.70. The molecular formula is C16H18N4S. The minimum atomic E-state index is 0.386. The minimum absolute atomic E-state index is 0.386. The summed E-state index contributed by atoms with van der Waals surface area (Å²) in [6.07, 6.45) is 3.25. The molecule has 0 aliphatic heterocycles. The Kier molecular flexibility index (Phi) is 3.84. The predicted molar refractivity (Wildman–Crippen MR) is 88.5 cm³/mol. The molecule has 4 nitrogen and oxygen atoms in total. The lowest BCUT2D eigenvalue weighted by Gasteiger charge is -2.12. The van der Waals surface area contributed by atoms with Gasteiger partial charge in [-0.25, -0.2) is 4.98 Å². The Morgan fingerprint density at radius 1 is 1.33 bits per heavy atom. The molecule has 5 heteroatoms. The zero-order chi connectivity index (χ0) is 14.8. The lowest BCUT2D eigenvalue weighted by molar-refractivity contribution is 0.898. The highest BCUT2D eigenvalue weighted by molar-refractivity contribution is 7.80. The van der Waals surface area contributed by atoms with Gasteiger partial charge in [0, 0.05) is 11.4 Å². The Balaban J connectivity index is 1.86. The molecule has 0 unspecified atom stereocenters. The molecule has 2 heterocycles. The van der Waals surface area contributed by atoms with Gasteiger partial charge < -0.3 is 11.1 Å². The van der Waals surface area contributed by atoms with Gasteiger partial charge in [0.1, 0.15) is 10.8 Å². The van der Waals surface area contributed by atoms with Gasteiger partial charge in [-0.3, -0.25) is 4.98 Å². The van der Waals surface area contributed by atoms with E-state index in [2.05, 4.69) is 16.4 Å². The van der Waals surface area contributed by atoms with Crippen LogP contribution in [0.4, 0.5) is 5.82 Å². The number of pyridine rings is 2. The first kappa shape index (κ1) is 13.9. The molecule has 0 amide bonds. The van der Waals surface area contributed by atoms with Crippen LogP contribution in [-0.4, -0.2) is 15.0 Å². The van der Waals surface area contributed by atoms with Crippen molar-refractivity contribution in [2.75, 3.05) is 5.32 Å². The second-order valence-electron chi connectivity index (χ2n) is 5.33. The quantitative estimate of drug-likeness (QED) is 0.849. The monoisotopic (exact) mass is 298 g/mol. The number of nitrogens with one attached hydrogen (secondary N) is 1. The van der Waals surface area contributed by atoms with Crippen LogP contribution >= 0.6 is 12.2 Å². The summed E-state index contributed by atoms with van der Waals surface area (Å²) < 4.78 is 0. The van der Waals surface area contributed by atoms with E-state index in [1.165, 1.54) is 5.56 Å². The van der Waals surface area contributed by atoms with Gasteiger partial charge in [0.05, 0.1) is 17.8 Å². The molecule has 0 aromatic carbocycles. The van der Waals surface area contributed by atoms with Gasteiger partial charge in [0.2, 0.25) is 0 Å². The summed E-state index contributed by atoms with van der Waals surface area (Å²) in [6, 6.07) is 8.07. The van der Waals surface area contributed by atoms with Gasteiger partial charge in [-0.1, -0.05) is 18.3 Å². The molecule has 1 aliphatic rings. The van der Waals surface area contributed by atoms with Crippen molar-refractivity contribution >= 4 is 23.0 Å². The lowest BCUT2D eigenvalue weighted by Crippen LogP contribution is -2.16. The van der Waals surface area contributed by atoms with E-state index in [9.17, 15) is 0 Å². The van der Waals surface area contributed by atoms with Gasteiger partial charge in [-0.2, -0.15) is 0 Å². The molecule has 0 saturated carbocycles. The standard InChI is InChI=1S/C16H18N4S/c1-10-4-2-6-12(19-10)9-18-16-13(15(17)21)8-11-5-3-7-14(11)20-16/h2,4,6,8H,3,5,7,9H2,1H3,(H2,17,21)(H,18,20). The van der Waals surface area contributed by atoms with Crippen LogP contribution in [0.15, 0.2) is 24.3 Å². The molecule has 0 spiro atoms. The van der Waals surface area contributed by atoms with Gasteiger partial charge >= 0.3 is 0 Å². The topological polar surface area (TPSA) is 63.8 Å². The van der Waals surface area contributed by atoms with Gasteiger partial charge in [0.15, 0.2) is 0 Å². The maximum absolute atomic E-state index is 5.84. The maximum Gasteiger partial charge on any atom is 0.136 e. The fourth-order valence-corrected chi connectivity index (χ4v) is 2.82. The van der Waals surface area contributed by atoms with Gasteiger partial charge in [-0.05, 0) is 49.9 Å². The molecule has 3 N–H and O–H groups in total. The van der Waals surface area contributed by atoms with Crippen LogP contribution in [0.1, 0.15) is 34.6 Å². The first-order valence-electron chi connectivity index (χ1n) is 7.12. The average Bonchev–Trinajstić information content (AvgIpc) is 2.91. The summed E-state index contributed by atoms with van der Waals surface area (Å²) in [5, 5.41) is 3.33. The van der Waals surface area contributed by atoms with Crippen molar-refractivity contribution in [3.8, 4) is 0 Å². The van der Waals surface area contributed by atoms with Crippen molar-refractivity contribution in [3.05, 3.63) is 52.5 Å². The van der Waals surface area contributed by atoms with E-state index in [1.54, 1.807) is 0 Å². The Bertz CT molecular complexity index is 697. The minimum Gasteiger partial charge on any atom is -0.389 e. The maximum atomic E-state index is 5.84. The number of rotatable bonds is 4. The van der Waals surface area contributed by atoms with Crippen molar-refractivity contribution in [2.24, 2.45) is 5.73 Å². The number of hydrogen-bond acceptors (Lipinski definition) is 4. The zero-order valence-electron chi connectivity index (χ0n) is 12.0. The van der Waals surface area contributed by atoms with Crippen molar-refractivity contribution in [2.45, 2.75) is 32.7 Å². The third kappa shape index (κ3) is 3.03. The normalized spacial score (nSPS) is 13.0. The van der Waals surface area contributed by atoms with Crippen LogP contribution in [0.3, 0.4) is 0 Å². The molecule has 0 fully saturated rings. The van der Waals surface area contributed by atoms with Crippen molar-refractivity contribution in [1.29, 1.82) is 0 Å². The smallest absolute Gasteiger partial charge is 0.136 e. The molecule has 108 valence electrons. The fourth-order valence-electron chi connectivity index (χ4n) is 2.67. The SMILES string of the molecule is Cc1cccc(CNc2nc3c(cc2C(N)=S)CCC3)n1. The number of nitrogens with zero attached hydrogens (tertiary/aromatic N) is 2. The van der Waals surface area contributed by atoms with Crippen molar-refractivity contribution in [1.82, 2.24) is 9.97 Å². The van der Waals surface area contributed by atoms with E-state index in [1.807, 2.05) is 25.1 Å². The fraction of sp³-hybridized carbons (Fsp3) is 0.312. The molecular weight excluding hydrogens is 280 g/mol. The summed E-state index contributed by atoms with van der Waals surface area (Å²) in [4.78, 5) is 9.57. The van der Waals surface area contributed by atoms with E-state index in [4.69, 9.17) is 22.9 Å². The summed E-state index contributed by atoms with van der Waals surface area (Å²) >= 11 is 5.15. The number of aromatic nitrogens is 2. The number of thiocarbonyl (C=S) groups is 1. The van der Waals surface area contributed by atoms with E-state index in [-0.39, 0.29) is 0 Å². The van der Waals surface area contributed by atoms with E-state index < -0.39 is 0 Å². The van der Waals surface area contributed by atoms with Crippen molar-refractivity contribution < 1.29 is 0 Å². The Morgan fingerprint density at radius 2 is 2.19 bits per heavy atom. The third-order valence-corrected chi connectivity index (χ3v) is 3.92. The molecule has 2 aromatic heterocycles. The predicted octanol–water partition coefficient (Wildman–Crippen LogP) is 2.52. The summed E-state index contributed by atoms with van der Waals surface area (Å²) in [5.74, 6) is 0.770.